The van der Waals surface area contributed by atoms with E-state index in [1.807, 2.05) is 0 Å². The molecule has 5 nitrogen and oxygen atoms in total. The minimum atomic E-state index is 0.00782. The lowest BCUT2D eigenvalue weighted by Crippen LogP contribution is -2.26. The zero-order chi connectivity index (χ0) is 13.3. The Labute approximate surface area is 121 Å². The highest BCUT2D eigenvalue weighted by Crippen LogP contribution is 2.32. The fraction of sp³-hybridized carbons (Fsp3) is 0.364. The van der Waals surface area contributed by atoms with Gasteiger partial charge in [0, 0.05) is 24.4 Å². The molecule has 2 N–H and O–H groups in total. The molecule has 1 saturated heterocycles. The normalized spacial score (nSPS) is 19.1. The summed E-state index contributed by atoms with van der Waals surface area (Å²) in [6, 6.07) is 3.62. The molecule has 0 radical (unpaired) electrons. The van der Waals surface area contributed by atoms with Crippen molar-refractivity contribution in [2.75, 3.05) is 22.5 Å². The van der Waals surface area contributed by atoms with Gasteiger partial charge < -0.3 is 10.6 Å². The second-order valence-corrected chi connectivity index (χ2v) is 5.47. The average Bonchev–Trinajstić information content (AvgIpc) is 2.69. The number of nitriles is 1. The van der Waals surface area contributed by atoms with Crippen LogP contribution in [0.5, 0.6) is 0 Å². The number of anilines is 2. The third kappa shape index (κ3) is 2.35. The molecule has 7 heteroatoms. The number of nitrogen functional groups attached to an aromatic ring is 1. The average molecular weight is 374 g/mol. The molecule has 1 amide bonds. The molecule has 18 heavy (non-hydrogen) atoms. The number of carbonyl (C=O) groups is 1. The third-order valence-electron chi connectivity index (χ3n) is 2.80. The predicted octanol–water partition coefficient (Wildman–Crippen LogP) is 2.05. The molecule has 1 aromatic rings. The molecule has 0 aromatic carbocycles. The van der Waals surface area contributed by atoms with Crippen molar-refractivity contribution in [3.8, 4) is 6.07 Å². The van der Waals surface area contributed by atoms with Gasteiger partial charge in [-0.25, -0.2) is 4.98 Å². The van der Waals surface area contributed by atoms with Gasteiger partial charge in [0.15, 0.2) is 0 Å². The summed E-state index contributed by atoms with van der Waals surface area (Å²) in [7, 11) is 0. The van der Waals surface area contributed by atoms with E-state index in [4.69, 9.17) is 11.0 Å². The zero-order valence-corrected chi connectivity index (χ0v) is 12.5. The molecule has 0 spiro atoms. The summed E-state index contributed by atoms with van der Waals surface area (Å²) in [6.45, 7) is 0.592. The van der Waals surface area contributed by atoms with Crippen molar-refractivity contribution in [2.45, 2.75) is 6.42 Å². The van der Waals surface area contributed by atoms with Gasteiger partial charge in [-0.3, -0.25) is 4.79 Å². The van der Waals surface area contributed by atoms with Crippen LogP contribution >= 0.6 is 31.9 Å². The predicted molar refractivity (Wildman–Crippen MR) is 75.3 cm³/mol. The Bertz CT molecular complexity index is 541. The molecule has 2 heterocycles. The summed E-state index contributed by atoms with van der Waals surface area (Å²) in [5.74, 6) is 0.552. The molecule has 1 aliphatic heterocycles. The van der Waals surface area contributed by atoms with Gasteiger partial charge in [0.05, 0.1) is 5.69 Å². The number of hydrogen-bond donors (Lipinski definition) is 1. The number of amides is 1. The monoisotopic (exact) mass is 372 g/mol. The Morgan fingerprint density at radius 2 is 2.39 bits per heavy atom. The van der Waals surface area contributed by atoms with Crippen LogP contribution in [0.15, 0.2) is 10.7 Å². The molecule has 0 aliphatic carbocycles. The van der Waals surface area contributed by atoms with Crippen LogP contribution in [0.2, 0.25) is 0 Å². The van der Waals surface area contributed by atoms with E-state index in [0.29, 0.717) is 28.8 Å². The second kappa shape index (κ2) is 5.24. The fourth-order valence-corrected chi connectivity index (χ4v) is 2.88. The van der Waals surface area contributed by atoms with Gasteiger partial charge >= 0.3 is 0 Å². The Kier molecular flexibility index (Phi) is 3.88. The van der Waals surface area contributed by atoms with Crippen molar-refractivity contribution in [1.82, 2.24) is 4.98 Å². The van der Waals surface area contributed by atoms with E-state index < -0.39 is 0 Å². The highest BCUT2D eigenvalue weighted by atomic mass is 79.9. The minimum absolute atomic E-state index is 0.00782. The number of aromatic nitrogens is 1. The molecular formula is C11H10Br2N4O. The van der Waals surface area contributed by atoms with Gasteiger partial charge in [-0.15, -0.1) is 0 Å². The summed E-state index contributed by atoms with van der Waals surface area (Å²) in [5, 5.41) is 9.91. The topological polar surface area (TPSA) is 83.0 Å². The van der Waals surface area contributed by atoms with E-state index in [0.717, 1.165) is 5.33 Å². The molecule has 1 aromatic heterocycles. The van der Waals surface area contributed by atoms with Crippen LogP contribution in [0, 0.1) is 17.2 Å². The SMILES string of the molecule is N#Cc1c(N2CC(CBr)CC2=O)cc(N)nc1Br. The first-order valence-electron chi connectivity index (χ1n) is 5.29. The smallest absolute Gasteiger partial charge is 0.227 e. The maximum Gasteiger partial charge on any atom is 0.227 e. The van der Waals surface area contributed by atoms with E-state index in [-0.39, 0.29) is 17.6 Å². The van der Waals surface area contributed by atoms with E-state index in [1.165, 1.54) is 0 Å². The molecule has 0 saturated carbocycles. The summed E-state index contributed by atoms with van der Waals surface area (Å²) < 4.78 is 0.370. The van der Waals surface area contributed by atoms with Crippen LogP contribution in [0.3, 0.4) is 0 Å². The highest BCUT2D eigenvalue weighted by molar-refractivity contribution is 9.10. The van der Waals surface area contributed by atoms with Crippen molar-refractivity contribution in [2.24, 2.45) is 5.92 Å². The van der Waals surface area contributed by atoms with Crippen LogP contribution in [0.4, 0.5) is 11.5 Å². The number of pyridine rings is 1. The number of hydrogen-bond acceptors (Lipinski definition) is 4. The lowest BCUT2D eigenvalue weighted by Gasteiger charge is -2.18. The summed E-state index contributed by atoms with van der Waals surface area (Å²) in [5.41, 5.74) is 6.54. The lowest BCUT2D eigenvalue weighted by molar-refractivity contribution is -0.117. The fourth-order valence-electron chi connectivity index (χ4n) is 1.95. The van der Waals surface area contributed by atoms with Gasteiger partial charge in [-0.1, -0.05) is 15.9 Å². The Morgan fingerprint density at radius 3 is 2.94 bits per heavy atom. The molecular weight excluding hydrogens is 364 g/mol. The number of carbonyl (C=O) groups excluding carboxylic acids is 1. The van der Waals surface area contributed by atoms with Crippen LogP contribution < -0.4 is 10.6 Å². The van der Waals surface area contributed by atoms with Gasteiger partial charge in [-0.2, -0.15) is 5.26 Å². The van der Waals surface area contributed by atoms with Crippen molar-refractivity contribution < 1.29 is 4.79 Å². The van der Waals surface area contributed by atoms with Crippen molar-refractivity contribution >= 4 is 49.3 Å². The molecule has 1 unspecified atom stereocenters. The Morgan fingerprint density at radius 1 is 1.67 bits per heavy atom. The van der Waals surface area contributed by atoms with Crippen molar-refractivity contribution in [1.29, 1.82) is 5.26 Å². The van der Waals surface area contributed by atoms with E-state index in [1.54, 1.807) is 11.0 Å². The zero-order valence-electron chi connectivity index (χ0n) is 9.36. The second-order valence-electron chi connectivity index (χ2n) is 4.07. The van der Waals surface area contributed by atoms with Gasteiger partial charge in [-0.05, 0) is 21.8 Å². The first-order valence-corrected chi connectivity index (χ1v) is 7.20. The first-order chi connectivity index (χ1) is 8.56. The van der Waals surface area contributed by atoms with Crippen molar-refractivity contribution in [3.63, 3.8) is 0 Å². The van der Waals surface area contributed by atoms with E-state index in [2.05, 4.69) is 42.9 Å². The number of rotatable bonds is 2. The molecule has 1 atom stereocenters. The van der Waals surface area contributed by atoms with E-state index in [9.17, 15) is 4.79 Å². The maximum atomic E-state index is 12.0. The largest absolute Gasteiger partial charge is 0.384 e. The Hall–Kier alpha value is -1.13. The molecule has 0 bridgehead atoms. The highest BCUT2D eigenvalue weighted by Gasteiger charge is 2.32. The van der Waals surface area contributed by atoms with E-state index >= 15 is 0 Å². The van der Waals surface area contributed by atoms with Crippen molar-refractivity contribution in [3.05, 3.63) is 16.2 Å². The van der Waals surface area contributed by atoms with Crippen LogP contribution in [-0.4, -0.2) is 22.8 Å². The summed E-state index contributed by atoms with van der Waals surface area (Å²) in [4.78, 5) is 17.5. The standard InChI is InChI=1S/C11H10Br2N4O/c12-3-6-1-10(18)17(5-6)8-2-9(15)16-11(13)7(8)4-14/h2,6H,1,3,5H2,(H2,15,16). The minimum Gasteiger partial charge on any atom is -0.384 e. The van der Waals surface area contributed by atoms with Crippen LogP contribution in [-0.2, 0) is 4.79 Å². The first kappa shape index (κ1) is 13.3. The Balaban J connectivity index is 2.46. The maximum absolute atomic E-state index is 12.0. The molecule has 2 rings (SSSR count). The van der Waals surface area contributed by atoms with Gasteiger partial charge in [0.2, 0.25) is 5.91 Å². The van der Waals surface area contributed by atoms with Gasteiger partial charge in [0.1, 0.15) is 22.1 Å². The number of halogens is 2. The number of nitrogens with two attached hydrogens (primary N) is 1. The molecule has 94 valence electrons. The van der Waals surface area contributed by atoms with Crippen LogP contribution in [0.25, 0.3) is 0 Å². The number of nitrogens with zero attached hydrogens (tertiary/aromatic N) is 3. The summed E-state index contributed by atoms with van der Waals surface area (Å²) in [6.07, 6.45) is 0.482. The van der Waals surface area contributed by atoms with Gasteiger partial charge in [0.25, 0.3) is 0 Å². The summed E-state index contributed by atoms with van der Waals surface area (Å²) >= 11 is 6.57. The number of alkyl halides is 1. The third-order valence-corrected chi connectivity index (χ3v) is 4.29. The lowest BCUT2D eigenvalue weighted by atomic mass is 10.2. The molecule has 1 aliphatic rings. The quantitative estimate of drug-likeness (QED) is 0.635. The molecule has 1 fully saturated rings. The van der Waals surface area contributed by atoms with Crippen LogP contribution in [0.1, 0.15) is 12.0 Å².